The Morgan fingerprint density at radius 3 is 2.82 bits per heavy atom. The van der Waals surface area contributed by atoms with Crippen molar-refractivity contribution in [1.29, 1.82) is 5.26 Å². The van der Waals surface area contributed by atoms with E-state index in [2.05, 4.69) is 15.9 Å². The molecule has 0 bridgehead atoms. The van der Waals surface area contributed by atoms with Gasteiger partial charge in [0.05, 0.1) is 11.6 Å². The number of amides is 1. The maximum absolute atomic E-state index is 12.2. The molecule has 0 heterocycles. The molecule has 0 atom stereocenters. The van der Waals surface area contributed by atoms with Crippen LogP contribution in [0.25, 0.3) is 0 Å². The lowest BCUT2D eigenvalue weighted by atomic mass is 10.1. The molecule has 4 heteroatoms. The maximum Gasteiger partial charge on any atom is 0.255 e. The van der Waals surface area contributed by atoms with Crippen LogP contribution in [0.4, 0.5) is 0 Å². The number of benzene rings is 1. The number of aryl methyl sites for hydroxylation is 1. The Morgan fingerprint density at radius 2 is 2.24 bits per heavy atom. The van der Waals surface area contributed by atoms with Gasteiger partial charge in [-0.15, -0.1) is 0 Å². The number of rotatable bonds is 4. The van der Waals surface area contributed by atoms with E-state index in [1.54, 1.807) is 4.90 Å². The Bertz CT molecular complexity index is 451. The normalized spacial score (nSPS) is 9.76. The molecule has 0 N–H and O–H groups in total. The van der Waals surface area contributed by atoms with E-state index >= 15 is 0 Å². The van der Waals surface area contributed by atoms with Gasteiger partial charge < -0.3 is 4.90 Å². The van der Waals surface area contributed by atoms with E-state index in [-0.39, 0.29) is 12.5 Å². The molecule has 0 unspecified atom stereocenters. The third kappa shape index (κ3) is 3.57. The van der Waals surface area contributed by atoms with Crippen molar-refractivity contribution in [2.45, 2.75) is 20.3 Å². The number of nitrogens with zero attached hydrogens (tertiary/aromatic N) is 2. The summed E-state index contributed by atoms with van der Waals surface area (Å²) in [6, 6.07) is 7.67. The molecule has 0 aliphatic carbocycles. The van der Waals surface area contributed by atoms with E-state index in [1.165, 1.54) is 0 Å². The fraction of sp³-hybridized carbons (Fsp3) is 0.385. The summed E-state index contributed by atoms with van der Waals surface area (Å²) >= 11 is 3.37. The summed E-state index contributed by atoms with van der Waals surface area (Å²) in [7, 11) is 0. The molecule has 0 fully saturated rings. The molecule has 1 rings (SSSR count). The third-order valence-corrected chi connectivity index (χ3v) is 3.09. The second-order valence-corrected chi connectivity index (χ2v) is 4.72. The highest BCUT2D eigenvalue weighted by Gasteiger charge is 2.17. The lowest BCUT2D eigenvalue weighted by Crippen LogP contribution is -2.32. The van der Waals surface area contributed by atoms with E-state index in [1.807, 2.05) is 38.1 Å². The zero-order valence-electron chi connectivity index (χ0n) is 10.0. The molecule has 1 aromatic rings. The van der Waals surface area contributed by atoms with Crippen LogP contribution in [0.15, 0.2) is 22.7 Å². The van der Waals surface area contributed by atoms with E-state index in [0.29, 0.717) is 12.1 Å². The minimum atomic E-state index is -0.0935. The average molecular weight is 295 g/mol. The number of carbonyl (C=O) groups excluding carboxylic acids is 1. The van der Waals surface area contributed by atoms with Gasteiger partial charge in [0.2, 0.25) is 0 Å². The van der Waals surface area contributed by atoms with Gasteiger partial charge in [0.15, 0.2) is 0 Å². The molecule has 17 heavy (non-hydrogen) atoms. The molecule has 0 spiro atoms. The van der Waals surface area contributed by atoms with Crippen molar-refractivity contribution >= 4 is 21.8 Å². The first kappa shape index (κ1) is 13.7. The average Bonchev–Trinajstić information content (AvgIpc) is 2.31. The van der Waals surface area contributed by atoms with Crippen molar-refractivity contribution in [3.05, 3.63) is 33.8 Å². The largest absolute Gasteiger partial charge is 0.325 e. The third-order valence-electron chi connectivity index (χ3n) is 2.39. The summed E-state index contributed by atoms with van der Waals surface area (Å²) in [6.45, 7) is 4.67. The van der Waals surface area contributed by atoms with Crippen molar-refractivity contribution in [2.75, 3.05) is 13.1 Å². The monoisotopic (exact) mass is 294 g/mol. The predicted molar refractivity (Wildman–Crippen MR) is 70.7 cm³/mol. The van der Waals surface area contributed by atoms with E-state index in [9.17, 15) is 4.79 Å². The number of carbonyl (C=O) groups is 1. The first-order valence-electron chi connectivity index (χ1n) is 5.52. The van der Waals surface area contributed by atoms with Crippen LogP contribution in [0, 0.1) is 18.3 Å². The minimum absolute atomic E-state index is 0.0935. The highest BCUT2D eigenvalue weighted by Crippen LogP contribution is 2.20. The van der Waals surface area contributed by atoms with Crippen LogP contribution in [0.1, 0.15) is 29.3 Å². The van der Waals surface area contributed by atoms with Gasteiger partial charge in [0.1, 0.15) is 6.54 Å². The van der Waals surface area contributed by atoms with E-state index < -0.39 is 0 Å². The molecule has 1 amide bonds. The Balaban J connectivity index is 3.00. The fourth-order valence-corrected chi connectivity index (χ4v) is 2.00. The maximum atomic E-state index is 12.2. The van der Waals surface area contributed by atoms with Crippen molar-refractivity contribution in [2.24, 2.45) is 0 Å². The van der Waals surface area contributed by atoms with Crippen molar-refractivity contribution in [3.63, 3.8) is 0 Å². The number of nitriles is 1. The van der Waals surface area contributed by atoms with Gasteiger partial charge in [0.25, 0.3) is 5.91 Å². The van der Waals surface area contributed by atoms with Gasteiger partial charge >= 0.3 is 0 Å². The lowest BCUT2D eigenvalue weighted by molar-refractivity contribution is 0.0775. The van der Waals surface area contributed by atoms with Gasteiger partial charge in [-0.25, -0.2) is 0 Å². The zero-order valence-corrected chi connectivity index (χ0v) is 11.6. The summed E-state index contributed by atoms with van der Waals surface area (Å²) in [5.74, 6) is -0.0935. The lowest BCUT2D eigenvalue weighted by Gasteiger charge is -2.19. The van der Waals surface area contributed by atoms with Crippen LogP contribution >= 0.6 is 15.9 Å². The molecule has 0 aromatic heterocycles. The predicted octanol–water partition coefficient (Wildman–Crippen LogP) is 3.13. The van der Waals surface area contributed by atoms with Gasteiger partial charge in [-0.1, -0.05) is 18.6 Å². The molecule has 0 radical (unpaired) electrons. The number of halogens is 1. The smallest absolute Gasteiger partial charge is 0.255 e. The molecule has 3 nitrogen and oxygen atoms in total. The van der Waals surface area contributed by atoms with Gasteiger partial charge in [-0.2, -0.15) is 5.26 Å². The summed E-state index contributed by atoms with van der Waals surface area (Å²) in [4.78, 5) is 13.8. The summed E-state index contributed by atoms with van der Waals surface area (Å²) < 4.78 is 0.771. The van der Waals surface area contributed by atoms with Crippen LogP contribution in [-0.4, -0.2) is 23.9 Å². The van der Waals surface area contributed by atoms with E-state index in [4.69, 9.17) is 5.26 Å². The zero-order chi connectivity index (χ0) is 12.8. The quantitative estimate of drug-likeness (QED) is 0.801. The SMILES string of the molecule is CCCN(CC#N)C(=O)c1cc(C)ccc1Br. The van der Waals surface area contributed by atoms with Crippen LogP contribution in [0.2, 0.25) is 0 Å². The van der Waals surface area contributed by atoms with Crippen LogP contribution < -0.4 is 0 Å². The summed E-state index contributed by atoms with van der Waals surface area (Å²) in [5.41, 5.74) is 1.65. The number of hydrogen-bond donors (Lipinski definition) is 0. The molecule has 0 saturated heterocycles. The Morgan fingerprint density at radius 1 is 1.53 bits per heavy atom. The van der Waals surface area contributed by atoms with Gasteiger partial charge in [-0.3, -0.25) is 4.79 Å². The minimum Gasteiger partial charge on any atom is -0.325 e. The standard InChI is InChI=1S/C13H15BrN2O/c1-3-7-16(8-6-15)13(17)11-9-10(2)4-5-12(11)14/h4-5,9H,3,7-8H2,1-2H3. The molecular formula is C13H15BrN2O. The first-order valence-corrected chi connectivity index (χ1v) is 6.31. The Hall–Kier alpha value is -1.34. The van der Waals surface area contributed by atoms with Gasteiger partial charge in [-0.05, 0) is 41.4 Å². The highest BCUT2D eigenvalue weighted by molar-refractivity contribution is 9.10. The Kier molecular flexibility index (Phi) is 5.17. The molecule has 0 aliphatic heterocycles. The van der Waals surface area contributed by atoms with Gasteiger partial charge in [0, 0.05) is 11.0 Å². The van der Waals surface area contributed by atoms with Crippen molar-refractivity contribution in [3.8, 4) is 6.07 Å². The van der Waals surface area contributed by atoms with Crippen LogP contribution in [0.5, 0.6) is 0 Å². The van der Waals surface area contributed by atoms with Crippen LogP contribution in [0.3, 0.4) is 0 Å². The highest BCUT2D eigenvalue weighted by atomic mass is 79.9. The van der Waals surface area contributed by atoms with Crippen LogP contribution in [-0.2, 0) is 0 Å². The molecule has 0 saturated carbocycles. The number of hydrogen-bond acceptors (Lipinski definition) is 2. The summed E-state index contributed by atoms with van der Waals surface area (Å²) in [6.07, 6.45) is 0.844. The van der Waals surface area contributed by atoms with Crippen molar-refractivity contribution < 1.29 is 4.79 Å². The molecule has 90 valence electrons. The molecule has 1 aromatic carbocycles. The topological polar surface area (TPSA) is 44.1 Å². The molecule has 0 aliphatic rings. The molecular weight excluding hydrogens is 280 g/mol. The second-order valence-electron chi connectivity index (χ2n) is 3.87. The van der Waals surface area contributed by atoms with Crippen molar-refractivity contribution in [1.82, 2.24) is 4.90 Å². The second kappa shape index (κ2) is 6.41. The van der Waals surface area contributed by atoms with E-state index in [0.717, 1.165) is 16.5 Å². The Labute approximate surface area is 110 Å². The first-order chi connectivity index (χ1) is 8.10. The fourth-order valence-electron chi connectivity index (χ4n) is 1.58. The summed E-state index contributed by atoms with van der Waals surface area (Å²) in [5, 5.41) is 8.73.